The predicted molar refractivity (Wildman–Crippen MR) is 75.2 cm³/mol. The van der Waals surface area contributed by atoms with Gasteiger partial charge in [0.25, 0.3) is 10.0 Å². The molecule has 4 nitrogen and oxygen atoms in total. The fourth-order valence-corrected chi connectivity index (χ4v) is 3.20. The lowest BCUT2D eigenvalue weighted by Crippen LogP contribution is -2.14. The van der Waals surface area contributed by atoms with Gasteiger partial charge in [-0.3, -0.25) is 4.72 Å². The molecule has 0 amide bonds. The van der Waals surface area contributed by atoms with Crippen LogP contribution in [0.25, 0.3) is 0 Å². The number of nitrogens with one attached hydrogen (secondary N) is 1. The van der Waals surface area contributed by atoms with Crippen LogP contribution < -0.4 is 9.46 Å². The molecule has 2 aromatic carbocycles. The fourth-order valence-electron chi connectivity index (χ4n) is 1.60. The minimum atomic E-state index is -4.10. The molecule has 112 valence electrons. The summed E-state index contributed by atoms with van der Waals surface area (Å²) in [6, 6.07) is 6.45. The van der Waals surface area contributed by atoms with Gasteiger partial charge in [-0.2, -0.15) is 0 Å². The third-order valence-electron chi connectivity index (χ3n) is 2.60. The first-order valence-electron chi connectivity index (χ1n) is 5.65. The van der Waals surface area contributed by atoms with Gasteiger partial charge in [-0.25, -0.2) is 17.2 Å². The molecule has 0 saturated carbocycles. The summed E-state index contributed by atoms with van der Waals surface area (Å²) in [5, 5.41) is -0.0793. The first kappa shape index (κ1) is 15.5. The third-order valence-corrected chi connectivity index (χ3v) is 4.45. The molecule has 0 aromatic heterocycles. The molecule has 0 radical (unpaired) electrons. The Hall–Kier alpha value is -1.86. The van der Waals surface area contributed by atoms with Crippen LogP contribution in [0.2, 0.25) is 5.02 Å². The van der Waals surface area contributed by atoms with Crippen molar-refractivity contribution in [3.8, 4) is 5.75 Å². The van der Waals surface area contributed by atoms with Crippen molar-refractivity contribution in [3.63, 3.8) is 0 Å². The van der Waals surface area contributed by atoms with Crippen LogP contribution in [-0.4, -0.2) is 15.5 Å². The van der Waals surface area contributed by atoms with E-state index in [1.807, 2.05) is 4.72 Å². The van der Waals surface area contributed by atoms with Crippen LogP contribution >= 0.6 is 11.6 Å². The minimum absolute atomic E-state index is 0.0793. The molecule has 21 heavy (non-hydrogen) atoms. The highest BCUT2D eigenvalue weighted by atomic mass is 35.5. The van der Waals surface area contributed by atoms with Gasteiger partial charge in [-0.05, 0) is 24.3 Å². The van der Waals surface area contributed by atoms with Gasteiger partial charge in [0.2, 0.25) is 0 Å². The Morgan fingerprint density at radius 3 is 2.43 bits per heavy atom. The van der Waals surface area contributed by atoms with E-state index >= 15 is 0 Å². The normalized spacial score (nSPS) is 11.2. The van der Waals surface area contributed by atoms with E-state index < -0.39 is 21.7 Å². The van der Waals surface area contributed by atoms with Crippen LogP contribution in [0.3, 0.4) is 0 Å². The maximum absolute atomic E-state index is 13.5. The minimum Gasteiger partial charge on any atom is -0.497 e. The van der Waals surface area contributed by atoms with Crippen LogP contribution in [0.1, 0.15) is 0 Å². The van der Waals surface area contributed by atoms with E-state index in [0.717, 1.165) is 12.1 Å². The van der Waals surface area contributed by atoms with Gasteiger partial charge < -0.3 is 4.74 Å². The standard InChI is InChI=1S/C13H10ClF2NO3S/c1-20-9-3-5-13(10(14)7-9)21(18,19)17-12-4-2-8(15)6-11(12)16/h2-7,17H,1H3. The van der Waals surface area contributed by atoms with Crippen LogP contribution in [0.5, 0.6) is 5.75 Å². The molecule has 2 rings (SSSR count). The summed E-state index contributed by atoms with van der Waals surface area (Å²) < 4.78 is 57.5. The molecule has 1 N–H and O–H groups in total. The van der Waals surface area contributed by atoms with Crippen LogP contribution in [0, 0.1) is 11.6 Å². The highest BCUT2D eigenvalue weighted by molar-refractivity contribution is 7.92. The topological polar surface area (TPSA) is 55.4 Å². The number of sulfonamides is 1. The van der Waals surface area contributed by atoms with Crippen molar-refractivity contribution in [2.24, 2.45) is 0 Å². The molecule has 0 aliphatic heterocycles. The van der Waals surface area contributed by atoms with E-state index in [1.54, 1.807) is 0 Å². The van der Waals surface area contributed by atoms with E-state index in [2.05, 4.69) is 0 Å². The average Bonchev–Trinajstić information content (AvgIpc) is 2.41. The Bertz CT molecular complexity index is 781. The van der Waals surface area contributed by atoms with Crippen molar-refractivity contribution in [1.82, 2.24) is 0 Å². The molecule has 0 aliphatic rings. The number of hydrogen-bond donors (Lipinski definition) is 1. The molecule has 8 heteroatoms. The summed E-state index contributed by atoms with van der Waals surface area (Å²) in [5.74, 6) is -1.45. The molecule has 0 atom stereocenters. The molecule has 0 spiro atoms. The number of anilines is 1. The molecule has 0 bridgehead atoms. The van der Waals surface area contributed by atoms with Gasteiger partial charge in [0.05, 0.1) is 17.8 Å². The van der Waals surface area contributed by atoms with Crippen LogP contribution in [0.15, 0.2) is 41.3 Å². The van der Waals surface area contributed by atoms with Crippen molar-refractivity contribution in [2.45, 2.75) is 4.90 Å². The van der Waals surface area contributed by atoms with Crippen LogP contribution in [0.4, 0.5) is 14.5 Å². The predicted octanol–water partition coefficient (Wildman–Crippen LogP) is 3.43. The summed E-state index contributed by atoms with van der Waals surface area (Å²) in [6.45, 7) is 0. The van der Waals surface area contributed by atoms with E-state index in [9.17, 15) is 17.2 Å². The summed E-state index contributed by atoms with van der Waals surface area (Å²) >= 11 is 5.87. The number of hydrogen-bond acceptors (Lipinski definition) is 3. The first-order valence-corrected chi connectivity index (χ1v) is 7.51. The third kappa shape index (κ3) is 3.43. The zero-order valence-corrected chi connectivity index (χ0v) is 12.3. The molecule has 2 aromatic rings. The van der Waals surface area contributed by atoms with Crippen molar-refractivity contribution >= 4 is 27.3 Å². The Kier molecular flexibility index (Phi) is 4.34. The van der Waals surface area contributed by atoms with Crippen molar-refractivity contribution in [1.29, 1.82) is 0 Å². The van der Waals surface area contributed by atoms with Crippen molar-refractivity contribution in [2.75, 3.05) is 11.8 Å². The molecule has 0 fully saturated rings. The number of ether oxygens (including phenoxy) is 1. The largest absolute Gasteiger partial charge is 0.497 e. The van der Waals surface area contributed by atoms with Gasteiger partial charge in [0.1, 0.15) is 22.3 Å². The summed E-state index contributed by atoms with van der Waals surface area (Å²) in [7, 11) is -2.70. The van der Waals surface area contributed by atoms with E-state index in [0.29, 0.717) is 11.8 Å². The number of benzene rings is 2. The van der Waals surface area contributed by atoms with Crippen molar-refractivity contribution < 1.29 is 21.9 Å². The second-order valence-corrected chi connectivity index (χ2v) is 6.08. The Morgan fingerprint density at radius 1 is 1.14 bits per heavy atom. The van der Waals surface area contributed by atoms with Crippen molar-refractivity contribution in [3.05, 3.63) is 53.1 Å². The van der Waals surface area contributed by atoms with Gasteiger partial charge >= 0.3 is 0 Å². The van der Waals surface area contributed by atoms with Crippen LogP contribution in [-0.2, 0) is 10.0 Å². The SMILES string of the molecule is COc1ccc(S(=O)(=O)Nc2ccc(F)cc2F)c(Cl)c1. The number of halogens is 3. The van der Waals surface area contributed by atoms with E-state index in [1.165, 1.54) is 25.3 Å². The second-order valence-electron chi connectivity index (χ2n) is 4.03. The van der Waals surface area contributed by atoms with Gasteiger partial charge in [-0.15, -0.1) is 0 Å². The molecular formula is C13H10ClF2NO3S. The first-order chi connectivity index (χ1) is 9.83. The maximum Gasteiger partial charge on any atom is 0.263 e. The molecule has 0 aliphatic carbocycles. The van der Waals surface area contributed by atoms with Gasteiger partial charge in [0, 0.05) is 12.1 Å². The lowest BCUT2D eigenvalue weighted by atomic mass is 10.3. The zero-order chi connectivity index (χ0) is 15.6. The van der Waals surface area contributed by atoms with E-state index in [4.69, 9.17) is 16.3 Å². The lowest BCUT2D eigenvalue weighted by molar-refractivity contribution is 0.414. The Balaban J connectivity index is 2.38. The fraction of sp³-hybridized carbons (Fsp3) is 0.0769. The highest BCUT2D eigenvalue weighted by Crippen LogP contribution is 2.28. The molecule has 0 saturated heterocycles. The Morgan fingerprint density at radius 2 is 1.86 bits per heavy atom. The zero-order valence-electron chi connectivity index (χ0n) is 10.7. The quantitative estimate of drug-likeness (QED) is 0.932. The van der Waals surface area contributed by atoms with Gasteiger partial charge in [0.15, 0.2) is 0 Å². The second kappa shape index (κ2) is 5.87. The monoisotopic (exact) mass is 333 g/mol. The smallest absolute Gasteiger partial charge is 0.263 e. The Labute approximate surface area is 125 Å². The molecule has 0 unspecified atom stereocenters. The lowest BCUT2D eigenvalue weighted by Gasteiger charge is -2.11. The number of methoxy groups -OCH3 is 1. The van der Waals surface area contributed by atoms with Gasteiger partial charge in [-0.1, -0.05) is 11.6 Å². The van der Waals surface area contributed by atoms with E-state index in [-0.39, 0.29) is 15.6 Å². The number of rotatable bonds is 4. The highest BCUT2D eigenvalue weighted by Gasteiger charge is 2.20. The average molecular weight is 334 g/mol. The summed E-state index contributed by atoms with van der Waals surface area (Å²) in [5.41, 5.74) is -0.372. The molecule has 0 heterocycles. The maximum atomic E-state index is 13.5. The summed E-state index contributed by atoms with van der Waals surface area (Å²) in [4.78, 5) is -0.242. The summed E-state index contributed by atoms with van der Waals surface area (Å²) in [6.07, 6.45) is 0. The molecular weight excluding hydrogens is 324 g/mol.